The average molecular weight is 224 g/mol. The number of aromatic nitrogens is 3. The van der Waals surface area contributed by atoms with Gasteiger partial charge in [-0.25, -0.2) is 13.6 Å². The highest BCUT2D eigenvalue weighted by molar-refractivity contribution is 7.89. The molecule has 1 aromatic heterocycles. The summed E-state index contributed by atoms with van der Waals surface area (Å²) in [5.74, 6) is 0. The zero-order valence-corrected chi connectivity index (χ0v) is 8.42. The molecule has 2 aromatic rings. The molecule has 0 bridgehead atoms. The smallest absolute Gasteiger partial charge is 0.225 e. The maximum atomic E-state index is 11.0. The van der Waals surface area contributed by atoms with Gasteiger partial charge in [-0.15, -0.1) is 0 Å². The molecule has 0 saturated heterocycles. The van der Waals surface area contributed by atoms with Gasteiger partial charge in [0.2, 0.25) is 10.0 Å². The second-order valence-electron chi connectivity index (χ2n) is 2.86. The van der Waals surface area contributed by atoms with Gasteiger partial charge in [-0.2, -0.15) is 15.0 Å². The van der Waals surface area contributed by atoms with Crippen molar-refractivity contribution in [3.05, 3.63) is 36.7 Å². The minimum absolute atomic E-state index is 0.0680. The quantitative estimate of drug-likeness (QED) is 0.772. The molecule has 78 valence electrons. The molecule has 0 fully saturated rings. The number of hydrogen-bond donors (Lipinski definition) is 1. The minimum atomic E-state index is -3.64. The van der Waals surface area contributed by atoms with Crippen LogP contribution in [0.25, 0.3) is 5.69 Å². The van der Waals surface area contributed by atoms with Crippen molar-refractivity contribution in [3.8, 4) is 5.69 Å². The standard InChI is InChI=1S/C8H8N4O2S/c9-15(13,14)8-3-1-7(2-4-8)12-10-5-6-11-12/h1-6H,(H2,9,13,14). The second-order valence-corrected chi connectivity index (χ2v) is 4.42. The Bertz CT molecular complexity index is 545. The van der Waals surface area contributed by atoms with Gasteiger partial charge in [0.15, 0.2) is 0 Å². The summed E-state index contributed by atoms with van der Waals surface area (Å²) in [6, 6.07) is 5.99. The summed E-state index contributed by atoms with van der Waals surface area (Å²) >= 11 is 0. The molecule has 0 unspecified atom stereocenters. The first-order valence-corrected chi connectivity index (χ1v) is 5.61. The molecule has 0 spiro atoms. The van der Waals surface area contributed by atoms with Crippen LogP contribution in [0.4, 0.5) is 0 Å². The zero-order valence-electron chi connectivity index (χ0n) is 7.61. The molecular formula is C8H8N4O2S. The lowest BCUT2D eigenvalue weighted by molar-refractivity contribution is 0.597. The van der Waals surface area contributed by atoms with E-state index in [9.17, 15) is 8.42 Å². The fraction of sp³-hybridized carbons (Fsp3) is 0. The van der Waals surface area contributed by atoms with Crippen LogP contribution in [-0.2, 0) is 10.0 Å². The molecule has 6 nitrogen and oxygen atoms in total. The Morgan fingerprint density at radius 2 is 1.60 bits per heavy atom. The third-order valence-corrected chi connectivity index (χ3v) is 2.74. The third-order valence-electron chi connectivity index (χ3n) is 1.81. The number of hydrogen-bond acceptors (Lipinski definition) is 4. The van der Waals surface area contributed by atoms with Gasteiger partial charge in [-0.3, -0.25) is 0 Å². The third kappa shape index (κ3) is 2.03. The first kappa shape index (κ1) is 9.81. The van der Waals surface area contributed by atoms with E-state index in [1.165, 1.54) is 29.3 Å². The highest BCUT2D eigenvalue weighted by Crippen LogP contribution is 2.10. The molecule has 2 N–H and O–H groups in total. The van der Waals surface area contributed by atoms with E-state index < -0.39 is 10.0 Å². The van der Waals surface area contributed by atoms with Gasteiger partial charge in [0.25, 0.3) is 0 Å². The van der Waals surface area contributed by atoms with Crippen LogP contribution >= 0.6 is 0 Å². The Hall–Kier alpha value is -1.73. The SMILES string of the molecule is NS(=O)(=O)c1ccc(-n2nccn2)cc1. The number of primary sulfonamides is 1. The van der Waals surface area contributed by atoms with Gasteiger partial charge >= 0.3 is 0 Å². The van der Waals surface area contributed by atoms with Crippen molar-refractivity contribution in [3.63, 3.8) is 0 Å². The van der Waals surface area contributed by atoms with Crippen molar-refractivity contribution in [1.82, 2.24) is 15.0 Å². The molecule has 0 amide bonds. The Balaban J connectivity index is 2.42. The molecule has 2 rings (SSSR count). The molecule has 15 heavy (non-hydrogen) atoms. The van der Waals surface area contributed by atoms with Crippen LogP contribution in [0, 0.1) is 0 Å². The van der Waals surface area contributed by atoms with Crippen LogP contribution in [0.1, 0.15) is 0 Å². The van der Waals surface area contributed by atoms with E-state index in [2.05, 4.69) is 10.2 Å². The van der Waals surface area contributed by atoms with Gasteiger partial charge in [-0.1, -0.05) is 0 Å². The number of nitrogens with zero attached hydrogens (tertiary/aromatic N) is 3. The fourth-order valence-corrected chi connectivity index (χ4v) is 1.63. The van der Waals surface area contributed by atoms with Gasteiger partial charge in [0.05, 0.1) is 23.0 Å². The molecule has 0 aliphatic rings. The summed E-state index contributed by atoms with van der Waals surface area (Å²) in [5.41, 5.74) is 0.674. The number of rotatable bonds is 2. The van der Waals surface area contributed by atoms with Crippen molar-refractivity contribution in [2.24, 2.45) is 5.14 Å². The van der Waals surface area contributed by atoms with E-state index in [1.807, 2.05) is 0 Å². The Morgan fingerprint density at radius 1 is 1.07 bits per heavy atom. The maximum Gasteiger partial charge on any atom is 0.238 e. The van der Waals surface area contributed by atoms with Crippen molar-refractivity contribution < 1.29 is 8.42 Å². The van der Waals surface area contributed by atoms with Crippen LogP contribution < -0.4 is 5.14 Å². The minimum Gasteiger partial charge on any atom is -0.225 e. The molecule has 1 aromatic carbocycles. The number of benzene rings is 1. The molecule has 0 aliphatic heterocycles. The fourth-order valence-electron chi connectivity index (χ4n) is 1.12. The maximum absolute atomic E-state index is 11.0. The van der Waals surface area contributed by atoms with E-state index in [-0.39, 0.29) is 4.90 Å². The summed E-state index contributed by atoms with van der Waals surface area (Å²) in [4.78, 5) is 1.45. The van der Waals surface area contributed by atoms with Crippen molar-refractivity contribution in [2.75, 3.05) is 0 Å². The predicted octanol–water partition coefficient (Wildman–Crippen LogP) is -0.0853. The van der Waals surface area contributed by atoms with Crippen molar-refractivity contribution in [1.29, 1.82) is 0 Å². The van der Waals surface area contributed by atoms with Crippen LogP contribution in [-0.4, -0.2) is 23.4 Å². The molecule has 0 saturated carbocycles. The van der Waals surface area contributed by atoms with Crippen LogP contribution in [0.5, 0.6) is 0 Å². The largest absolute Gasteiger partial charge is 0.238 e. The lowest BCUT2D eigenvalue weighted by Gasteiger charge is -2.00. The zero-order chi connectivity index (χ0) is 10.9. The number of sulfonamides is 1. The van der Waals surface area contributed by atoms with Crippen LogP contribution in [0.3, 0.4) is 0 Å². The highest BCUT2D eigenvalue weighted by Gasteiger charge is 2.07. The Morgan fingerprint density at radius 3 is 2.07 bits per heavy atom. The number of nitrogens with two attached hydrogens (primary N) is 1. The molecule has 7 heteroatoms. The Labute approximate surface area is 86.4 Å². The second kappa shape index (κ2) is 3.44. The summed E-state index contributed by atoms with van der Waals surface area (Å²) < 4.78 is 21.9. The summed E-state index contributed by atoms with van der Waals surface area (Å²) in [6.07, 6.45) is 3.07. The first-order valence-electron chi connectivity index (χ1n) is 4.07. The van der Waals surface area contributed by atoms with Gasteiger partial charge in [0.1, 0.15) is 0 Å². The summed E-state index contributed by atoms with van der Waals surface area (Å²) in [6.45, 7) is 0. The first-order chi connectivity index (χ1) is 7.07. The van der Waals surface area contributed by atoms with Crippen molar-refractivity contribution in [2.45, 2.75) is 4.90 Å². The molecule has 0 aliphatic carbocycles. The van der Waals surface area contributed by atoms with Gasteiger partial charge in [-0.05, 0) is 24.3 Å². The highest BCUT2D eigenvalue weighted by atomic mass is 32.2. The summed E-state index contributed by atoms with van der Waals surface area (Å²) in [5, 5.41) is 12.8. The molecule has 0 atom stereocenters. The van der Waals surface area contributed by atoms with Crippen molar-refractivity contribution >= 4 is 10.0 Å². The summed E-state index contributed by atoms with van der Waals surface area (Å²) in [7, 11) is -3.64. The molecule has 1 heterocycles. The molecular weight excluding hydrogens is 216 g/mol. The average Bonchev–Trinajstić information content (AvgIpc) is 2.69. The molecule has 0 radical (unpaired) electrons. The lowest BCUT2D eigenvalue weighted by atomic mass is 10.3. The Kier molecular flexibility index (Phi) is 2.25. The van der Waals surface area contributed by atoms with E-state index >= 15 is 0 Å². The monoisotopic (exact) mass is 224 g/mol. The van der Waals surface area contributed by atoms with Crippen LogP contribution in [0.2, 0.25) is 0 Å². The lowest BCUT2D eigenvalue weighted by Crippen LogP contribution is -2.12. The van der Waals surface area contributed by atoms with Gasteiger partial charge in [0, 0.05) is 0 Å². The van der Waals surface area contributed by atoms with E-state index in [0.29, 0.717) is 5.69 Å². The van der Waals surface area contributed by atoms with Crippen LogP contribution in [0.15, 0.2) is 41.6 Å². The van der Waals surface area contributed by atoms with E-state index in [1.54, 1.807) is 12.1 Å². The van der Waals surface area contributed by atoms with Gasteiger partial charge < -0.3 is 0 Å². The normalized spacial score (nSPS) is 11.5. The van der Waals surface area contributed by atoms with E-state index in [0.717, 1.165) is 0 Å². The predicted molar refractivity (Wildman–Crippen MR) is 52.7 cm³/mol. The van der Waals surface area contributed by atoms with E-state index in [4.69, 9.17) is 5.14 Å². The topological polar surface area (TPSA) is 90.9 Å².